The third-order valence-corrected chi connectivity index (χ3v) is 8.92. The number of nitro groups is 1. The van der Waals surface area contributed by atoms with Crippen LogP contribution in [0.5, 0.6) is 0 Å². The summed E-state index contributed by atoms with van der Waals surface area (Å²) in [5.41, 5.74) is 2.39. The van der Waals surface area contributed by atoms with Crippen molar-refractivity contribution in [2.24, 2.45) is 5.92 Å². The van der Waals surface area contributed by atoms with E-state index in [9.17, 15) is 24.1 Å². The Morgan fingerprint density at radius 3 is 2.36 bits per heavy atom. The van der Waals surface area contributed by atoms with Gasteiger partial charge >= 0.3 is 6.09 Å². The molecule has 0 unspecified atom stereocenters. The van der Waals surface area contributed by atoms with Crippen LogP contribution in [-0.4, -0.2) is 65.0 Å². The molecule has 1 aliphatic carbocycles. The summed E-state index contributed by atoms with van der Waals surface area (Å²) in [6, 6.07) is 22.1. The second-order valence-electron chi connectivity index (χ2n) is 11.9. The number of nitrogens with one attached hydrogen (secondary N) is 1. The third kappa shape index (κ3) is 8.33. The van der Waals surface area contributed by atoms with Crippen LogP contribution in [0.15, 0.2) is 91.5 Å². The standard InChI is InChI=1S/C35H39FN4O5/c1-2-18-39(35(42)45-24-25-8-14-32(15-9-25)40(43)44)31-16-19-38(20-17-31)23-28-21-30(22-33(28)26-6-4-3-5-7-26)37-34(41)27-10-12-29(36)13-11-27/h2-15,28,30-31,33H,1,16-24H2,(H,37,41)/t28-,30-,33-/m1/s1. The van der Waals surface area contributed by atoms with E-state index in [1.54, 1.807) is 23.1 Å². The van der Waals surface area contributed by atoms with Gasteiger partial charge in [-0.25, -0.2) is 9.18 Å². The van der Waals surface area contributed by atoms with E-state index in [4.69, 9.17) is 4.74 Å². The summed E-state index contributed by atoms with van der Waals surface area (Å²) in [6.07, 6.45) is 4.56. The normalized spacial score (nSPS) is 20.3. The lowest BCUT2D eigenvalue weighted by Crippen LogP contribution is -2.48. The van der Waals surface area contributed by atoms with Crippen molar-refractivity contribution in [3.8, 4) is 0 Å². The van der Waals surface area contributed by atoms with Gasteiger partial charge in [-0.3, -0.25) is 14.9 Å². The highest BCUT2D eigenvalue weighted by molar-refractivity contribution is 5.94. The molecule has 1 heterocycles. The fraction of sp³-hybridized carbons (Fsp3) is 0.371. The molecule has 1 aliphatic heterocycles. The van der Waals surface area contributed by atoms with E-state index in [0.29, 0.717) is 29.5 Å². The van der Waals surface area contributed by atoms with Crippen LogP contribution in [0, 0.1) is 21.8 Å². The Kier molecular flexibility index (Phi) is 10.6. The van der Waals surface area contributed by atoms with Gasteiger partial charge in [0, 0.05) is 56.0 Å². The number of rotatable bonds is 11. The number of hydrogen-bond acceptors (Lipinski definition) is 6. The van der Waals surface area contributed by atoms with E-state index in [1.165, 1.54) is 42.0 Å². The van der Waals surface area contributed by atoms with Crippen LogP contribution < -0.4 is 5.32 Å². The molecule has 1 saturated heterocycles. The first-order valence-corrected chi connectivity index (χ1v) is 15.4. The molecule has 3 atom stereocenters. The predicted molar refractivity (Wildman–Crippen MR) is 169 cm³/mol. The first kappa shape index (κ1) is 31.8. The number of amides is 2. The molecule has 3 aromatic carbocycles. The third-order valence-electron chi connectivity index (χ3n) is 8.92. The summed E-state index contributed by atoms with van der Waals surface area (Å²) < 4.78 is 18.9. The van der Waals surface area contributed by atoms with E-state index < -0.39 is 11.0 Å². The van der Waals surface area contributed by atoms with Crippen molar-refractivity contribution in [2.75, 3.05) is 26.2 Å². The van der Waals surface area contributed by atoms with Gasteiger partial charge in [-0.15, -0.1) is 6.58 Å². The zero-order valence-electron chi connectivity index (χ0n) is 25.2. The number of likely N-dealkylation sites (tertiary alicyclic amines) is 1. The number of nitrogens with zero attached hydrogens (tertiary/aromatic N) is 3. The molecule has 1 saturated carbocycles. The highest BCUT2D eigenvalue weighted by Crippen LogP contribution is 2.41. The van der Waals surface area contributed by atoms with Gasteiger partial charge in [-0.05, 0) is 85.0 Å². The maximum absolute atomic E-state index is 13.4. The highest BCUT2D eigenvalue weighted by Gasteiger charge is 2.38. The van der Waals surface area contributed by atoms with Gasteiger partial charge in [0.2, 0.25) is 0 Å². The fourth-order valence-electron chi connectivity index (χ4n) is 6.62. The van der Waals surface area contributed by atoms with Crippen molar-refractivity contribution in [2.45, 2.75) is 50.3 Å². The summed E-state index contributed by atoms with van der Waals surface area (Å²) in [7, 11) is 0. The number of carbonyl (C=O) groups excluding carboxylic acids is 2. The van der Waals surface area contributed by atoms with Crippen molar-refractivity contribution in [1.29, 1.82) is 0 Å². The largest absolute Gasteiger partial charge is 0.445 e. The van der Waals surface area contributed by atoms with Crippen LogP contribution in [0.4, 0.5) is 14.9 Å². The Balaban J connectivity index is 1.16. The minimum absolute atomic E-state index is 0.0110. The SMILES string of the molecule is C=CCN(C(=O)OCc1ccc([N+](=O)[O-])cc1)C1CCN(C[C@H]2C[C@@H](NC(=O)c3ccc(F)cc3)C[C@@H]2c2ccccc2)CC1. The van der Waals surface area contributed by atoms with Crippen molar-refractivity contribution in [1.82, 2.24) is 15.1 Å². The number of carbonyl (C=O) groups is 2. The molecule has 0 bridgehead atoms. The van der Waals surface area contributed by atoms with E-state index in [-0.39, 0.29) is 36.1 Å². The molecule has 2 fully saturated rings. The highest BCUT2D eigenvalue weighted by atomic mass is 19.1. The molecule has 45 heavy (non-hydrogen) atoms. The molecule has 5 rings (SSSR count). The summed E-state index contributed by atoms with van der Waals surface area (Å²) in [4.78, 5) is 40.6. The number of nitro benzene ring substituents is 1. The van der Waals surface area contributed by atoms with Crippen molar-refractivity contribution in [3.63, 3.8) is 0 Å². The van der Waals surface area contributed by atoms with Crippen molar-refractivity contribution >= 4 is 17.7 Å². The van der Waals surface area contributed by atoms with E-state index in [2.05, 4.69) is 41.1 Å². The first-order chi connectivity index (χ1) is 21.8. The second kappa shape index (κ2) is 14.9. The van der Waals surface area contributed by atoms with Gasteiger partial charge in [-0.1, -0.05) is 36.4 Å². The maximum Gasteiger partial charge on any atom is 0.410 e. The molecule has 2 aliphatic rings. The average Bonchev–Trinajstić information content (AvgIpc) is 3.45. The number of benzene rings is 3. The first-order valence-electron chi connectivity index (χ1n) is 15.4. The average molecular weight is 615 g/mol. The lowest BCUT2D eigenvalue weighted by Gasteiger charge is -2.39. The number of piperidine rings is 1. The minimum Gasteiger partial charge on any atom is -0.445 e. The monoisotopic (exact) mass is 614 g/mol. The molecule has 3 aromatic rings. The number of non-ortho nitro benzene ring substituents is 1. The quantitative estimate of drug-likeness (QED) is 0.154. The second-order valence-corrected chi connectivity index (χ2v) is 11.9. The van der Waals surface area contributed by atoms with Crippen LogP contribution in [0.25, 0.3) is 0 Å². The number of hydrogen-bond donors (Lipinski definition) is 1. The zero-order chi connectivity index (χ0) is 31.8. The Hall–Kier alpha value is -4.57. The Morgan fingerprint density at radius 1 is 1.02 bits per heavy atom. The lowest BCUT2D eigenvalue weighted by atomic mass is 9.88. The smallest absolute Gasteiger partial charge is 0.410 e. The summed E-state index contributed by atoms with van der Waals surface area (Å²) >= 11 is 0. The molecular formula is C35H39FN4O5. The summed E-state index contributed by atoms with van der Waals surface area (Å²) in [5.74, 6) is 0.0932. The van der Waals surface area contributed by atoms with E-state index >= 15 is 0 Å². The van der Waals surface area contributed by atoms with Crippen molar-refractivity contribution in [3.05, 3.63) is 124 Å². The van der Waals surface area contributed by atoms with Gasteiger partial charge in [0.1, 0.15) is 12.4 Å². The summed E-state index contributed by atoms with van der Waals surface area (Å²) in [6.45, 7) is 6.78. The molecule has 1 N–H and O–H groups in total. The summed E-state index contributed by atoms with van der Waals surface area (Å²) in [5, 5.41) is 14.1. The molecule has 9 nitrogen and oxygen atoms in total. The van der Waals surface area contributed by atoms with Gasteiger partial charge in [-0.2, -0.15) is 0 Å². The number of halogens is 1. The molecular weight excluding hydrogens is 575 g/mol. The Morgan fingerprint density at radius 2 is 1.71 bits per heavy atom. The minimum atomic E-state index is -0.463. The zero-order valence-corrected chi connectivity index (χ0v) is 25.2. The molecule has 0 spiro atoms. The van der Waals surface area contributed by atoms with E-state index in [1.807, 2.05) is 6.07 Å². The number of ether oxygens (including phenoxy) is 1. The van der Waals surface area contributed by atoms with Crippen LogP contribution in [-0.2, 0) is 11.3 Å². The molecule has 0 aromatic heterocycles. The maximum atomic E-state index is 13.4. The van der Waals surface area contributed by atoms with Crippen LogP contribution in [0.2, 0.25) is 0 Å². The van der Waals surface area contributed by atoms with Gasteiger partial charge in [0.15, 0.2) is 0 Å². The van der Waals surface area contributed by atoms with Gasteiger partial charge < -0.3 is 19.9 Å². The fourth-order valence-corrected chi connectivity index (χ4v) is 6.62. The molecule has 0 radical (unpaired) electrons. The molecule has 2 amide bonds. The van der Waals surface area contributed by atoms with E-state index in [0.717, 1.165) is 45.3 Å². The Bertz CT molecular complexity index is 1460. The molecule has 236 valence electrons. The Labute approximate surface area is 262 Å². The van der Waals surface area contributed by atoms with Gasteiger partial charge in [0.05, 0.1) is 4.92 Å². The lowest BCUT2D eigenvalue weighted by molar-refractivity contribution is -0.384. The topological polar surface area (TPSA) is 105 Å². The van der Waals surface area contributed by atoms with Crippen molar-refractivity contribution < 1.29 is 23.6 Å². The van der Waals surface area contributed by atoms with Crippen LogP contribution in [0.1, 0.15) is 53.1 Å². The van der Waals surface area contributed by atoms with Crippen LogP contribution >= 0.6 is 0 Å². The van der Waals surface area contributed by atoms with Gasteiger partial charge in [0.25, 0.3) is 11.6 Å². The molecule has 10 heteroatoms. The predicted octanol–water partition coefficient (Wildman–Crippen LogP) is 6.32. The van der Waals surface area contributed by atoms with Crippen LogP contribution in [0.3, 0.4) is 0 Å².